The fourth-order valence-corrected chi connectivity index (χ4v) is 7.17. The van der Waals surface area contributed by atoms with Crippen LogP contribution in [-0.2, 0) is 0 Å². The largest absolute Gasteiger partial charge is 0.455 e. The first-order valence-electron chi connectivity index (χ1n) is 16.4. The molecule has 2 aromatic heterocycles. The lowest BCUT2D eigenvalue weighted by Gasteiger charge is -2.12. The summed E-state index contributed by atoms with van der Waals surface area (Å²) in [5.41, 5.74) is 6.53. The van der Waals surface area contributed by atoms with Gasteiger partial charge in [0.25, 0.3) is 0 Å². The van der Waals surface area contributed by atoms with Crippen LogP contribution in [0.25, 0.3) is 99.5 Å². The molecule has 0 spiro atoms. The molecule has 0 amide bonds. The first-order valence-corrected chi connectivity index (χ1v) is 16.4. The van der Waals surface area contributed by atoms with Crippen LogP contribution in [0.2, 0.25) is 0 Å². The lowest BCUT2D eigenvalue weighted by molar-refractivity contribution is 0.670. The van der Waals surface area contributed by atoms with Crippen LogP contribution in [0.4, 0.5) is 0 Å². The van der Waals surface area contributed by atoms with Crippen molar-refractivity contribution < 1.29 is 4.42 Å². The van der Waals surface area contributed by atoms with E-state index in [4.69, 9.17) is 19.4 Å². The summed E-state index contributed by atoms with van der Waals surface area (Å²) in [6, 6.07) is 56.8. The molecule has 8 aromatic carbocycles. The fourth-order valence-electron chi connectivity index (χ4n) is 7.17. The fraction of sp³-hybridized carbons (Fsp3) is 0. The van der Waals surface area contributed by atoms with Gasteiger partial charge in [-0.3, -0.25) is 0 Å². The molecule has 4 heteroatoms. The number of fused-ring (bicyclic) bond motifs is 8. The van der Waals surface area contributed by atoms with Gasteiger partial charge in [0.15, 0.2) is 17.5 Å². The molecule has 4 nitrogen and oxygen atoms in total. The van der Waals surface area contributed by atoms with Crippen molar-refractivity contribution in [2.45, 2.75) is 0 Å². The predicted octanol–water partition coefficient (Wildman–Crippen LogP) is 11.9. The van der Waals surface area contributed by atoms with Crippen LogP contribution in [-0.4, -0.2) is 15.0 Å². The van der Waals surface area contributed by atoms with Gasteiger partial charge in [0, 0.05) is 33.0 Å². The maximum Gasteiger partial charge on any atom is 0.164 e. The van der Waals surface area contributed by atoms with E-state index in [1.54, 1.807) is 0 Å². The van der Waals surface area contributed by atoms with Gasteiger partial charge in [-0.15, -0.1) is 0 Å². The summed E-state index contributed by atoms with van der Waals surface area (Å²) in [4.78, 5) is 15.4. The van der Waals surface area contributed by atoms with E-state index in [-0.39, 0.29) is 0 Å². The minimum absolute atomic E-state index is 0.600. The number of hydrogen-bond donors (Lipinski definition) is 0. The molecule has 49 heavy (non-hydrogen) atoms. The Labute approximate surface area is 282 Å². The Kier molecular flexibility index (Phi) is 6.15. The van der Waals surface area contributed by atoms with Gasteiger partial charge < -0.3 is 4.42 Å². The molecule has 0 bridgehead atoms. The monoisotopic (exact) mass is 625 g/mol. The van der Waals surface area contributed by atoms with E-state index in [1.165, 1.54) is 32.3 Å². The molecule has 0 fully saturated rings. The van der Waals surface area contributed by atoms with Gasteiger partial charge in [-0.1, -0.05) is 140 Å². The molecule has 0 N–H and O–H groups in total. The molecule has 0 atom stereocenters. The zero-order valence-corrected chi connectivity index (χ0v) is 26.3. The average Bonchev–Trinajstić information content (AvgIpc) is 3.57. The summed E-state index contributed by atoms with van der Waals surface area (Å²) in [7, 11) is 0. The quantitative estimate of drug-likeness (QED) is 0.183. The number of furan rings is 1. The highest BCUT2D eigenvalue weighted by atomic mass is 16.3. The number of benzene rings is 8. The molecule has 0 unspecified atom stereocenters. The van der Waals surface area contributed by atoms with Crippen LogP contribution in [0.15, 0.2) is 168 Å². The van der Waals surface area contributed by atoms with Gasteiger partial charge >= 0.3 is 0 Å². The molecule has 0 radical (unpaired) electrons. The topological polar surface area (TPSA) is 51.8 Å². The molecule has 0 aliphatic heterocycles. The second-order valence-corrected chi connectivity index (χ2v) is 12.4. The van der Waals surface area contributed by atoms with Crippen molar-refractivity contribution in [1.29, 1.82) is 0 Å². The summed E-state index contributed by atoms with van der Waals surface area (Å²) in [5, 5.41) is 9.25. The van der Waals surface area contributed by atoms with E-state index < -0.39 is 0 Å². The minimum Gasteiger partial charge on any atom is -0.455 e. The Morgan fingerprint density at radius 3 is 1.71 bits per heavy atom. The third-order valence-corrected chi connectivity index (χ3v) is 9.50. The minimum atomic E-state index is 0.600. The van der Waals surface area contributed by atoms with Gasteiger partial charge in [0.2, 0.25) is 0 Å². The molecule has 228 valence electrons. The summed E-state index contributed by atoms with van der Waals surface area (Å²) in [5.74, 6) is 1.84. The Bertz CT molecular complexity index is 2870. The first kappa shape index (κ1) is 27.5. The zero-order valence-electron chi connectivity index (χ0n) is 26.3. The lowest BCUT2D eigenvalue weighted by Crippen LogP contribution is -2.00. The maximum absolute atomic E-state index is 6.58. The van der Waals surface area contributed by atoms with Gasteiger partial charge in [-0.25, -0.2) is 15.0 Å². The second kappa shape index (κ2) is 11.0. The molecular weight excluding hydrogens is 599 g/mol. The SMILES string of the molecule is c1ccc(-c2nc(-c3ccc4ccc5ccc6ccccc6c5c4c3)nc(-c3ccc(-c4ccccc4)c4oc5ccccc5c34)n2)cc1. The predicted molar refractivity (Wildman–Crippen MR) is 201 cm³/mol. The van der Waals surface area contributed by atoms with Crippen LogP contribution in [0.1, 0.15) is 0 Å². The number of para-hydroxylation sites is 1. The Morgan fingerprint density at radius 2 is 0.918 bits per heavy atom. The Morgan fingerprint density at radius 1 is 0.347 bits per heavy atom. The number of hydrogen-bond acceptors (Lipinski definition) is 4. The third kappa shape index (κ3) is 4.49. The molecule has 0 aliphatic rings. The second-order valence-electron chi connectivity index (χ2n) is 12.4. The van der Waals surface area contributed by atoms with Gasteiger partial charge in [0.05, 0.1) is 0 Å². The van der Waals surface area contributed by atoms with Crippen molar-refractivity contribution in [2.75, 3.05) is 0 Å². The van der Waals surface area contributed by atoms with Gasteiger partial charge in [0.1, 0.15) is 11.2 Å². The normalized spacial score (nSPS) is 11.7. The number of aromatic nitrogens is 3. The van der Waals surface area contributed by atoms with Crippen LogP contribution in [0.3, 0.4) is 0 Å². The highest BCUT2D eigenvalue weighted by Crippen LogP contribution is 2.42. The van der Waals surface area contributed by atoms with E-state index in [1.807, 2.05) is 54.6 Å². The average molecular weight is 626 g/mol. The van der Waals surface area contributed by atoms with Crippen molar-refractivity contribution in [2.24, 2.45) is 0 Å². The summed E-state index contributed by atoms with van der Waals surface area (Å²) in [6.45, 7) is 0. The van der Waals surface area contributed by atoms with Gasteiger partial charge in [-0.05, 0) is 62.1 Å². The highest BCUT2D eigenvalue weighted by molar-refractivity contribution is 6.21. The highest BCUT2D eigenvalue weighted by Gasteiger charge is 2.21. The molecule has 0 saturated heterocycles. The smallest absolute Gasteiger partial charge is 0.164 e. The molecule has 10 aromatic rings. The summed E-state index contributed by atoms with van der Waals surface area (Å²) < 4.78 is 6.58. The standard InChI is InChI=1S/C45H27N3O/c1-3-11-28(12-4-1)35-25-26-37(41-36-17-9-10-18-39(36)49-42(35)41)45-47-43(32-14-5-2-6-15-32)46-44(48-45)33-24-21-30-20-23-31-22-19-29-13-7-8-16-34(29)40(31)38(30)27-33/h1-27H. The number of nitrogens with zero attached hydrogens (tertiary/aromatic N) is 3. The van der Waals surface area contributed by atoms with Crippen molar-refractivity contribution in [3.05, 3.63) is 164 Å². The van der Waals surface area contributed by atoms with Crippen molar-refractivity contribution in [3.63, 3.8) is 0 Å². The van der Waals surface area contributed by atoms with Gasteiger partial charge in [-0.2, -0.15) is 0 Å². The maximum atomic E-state index is 6.58. The van der Waals surface area contributed by atoms with E-state index in [0.717, 1.165) is 49.8 Å². The molecule has 2 heterocycles. The Balaban J connectivity index is 1.25. The Hall–Kier alpha value is -6.65. The molecule has 0 saturated carbocycles. The number of rotatable bonds is 4. The third-order valence-electron chi connectivity index (χ3n) is 9.50. The molecular formula is C45H27N3O. The van der Waals surface area contributed by atoms with E-state index >= 15 is 0 Å². The van der Waals surface area contributed by atoms with E-state index in [0.29, 0.717) is 17.5 Å². The lowest BCUT2D eigenvalue weighted by atomic mass is 9.95. The van der Waals surface area contributed by atoms with E-state index in [2.05, 4.69) is 109 Å². The zero-order chi connectivity index (χ0) is 32.3. The van der Waals surface area contributed by atoms with Crippen molar-refractivity contribution >= 4 is 54.3 Å². The first-order chi connectivity index (χ1) is 24.3. The molecule has 0 aliphatic carbocycles. The van der Waals surface area contributed by atoms with Crippen LogP contribution in [0, 0.1) is 0 Å². The summed E-state index contributed by atoms with van der Waals surface area (Å²) in [6.07, 6.45) is 0. The van der Waals surface area contributed by atoms with Crippen molar-refractivity contribution in [1.82, 2.24) is 15.0 Å². The van der Waals surface area contributed by atoms with Crippen LogP contribution < -0.4 is 0 Å². The van der Waals surface area contributed by atoms with E-state index in [9.17, 15) is 0 Å². The molecule has 10 rings (SSSR count). The van der Waals surface area contributed by atoms with Crippen LogP contribution in [0.5, 0.6) is 0 Å². The van der Waals surface area contributed by atoms with Crippen molar-refractivity contribution in [3.8, 4) is 45.3 Å². The summed E-state index contributed by atoms with van der Waals surface area (Å²) >= 11 is 0. The van der Waals surface area contributed by atoms with Crippen LogP contribution >= 0.6 is 0 Å².